The highest BCUT2D eigenvalue weighted by molar-refractivity contribution is 7.99. The Kier molecular flexibility index (Phi) is 4.01. The van der Waals surface area contributed by atoms with Gasteiger partial charge in [-0.2, -0.15) is 0 Å². The zero-order valence-electron chi connectivity index (χ0n) is 11.2. The van der Waals surface area contributed by atoms with Gasteiger partial charge in [0, 0.05) is 43.4 Å². The highest BCUT2D eigenvalue weighted by atomic mass is 32.2. The van der Waals surface area contributed by atoms with Gasteiger partial charge in [0.05, 0.1) is 6.04 Å². The van der Waals surface area contributed by atoms with Gasteiger partial charge in [0.25, 0.3) is 5.56 Å². The fourth-order valence-corrected chi connectivity index (χ4v) is 3.35. The Morgan fingerprint density at radius 3 is 3.14 bits per heavy atom. The van der Waals surface area contributed by atoms with Crippen molar-refractivity contribution in [2.24, 2.45) is 0 Å². The van der Waals surface area contributed by atoms with Crippen LogP contribution >= 0.6 is 11.8 Å². The molecule has 0 aliphatic carbocycles. The van der Waals surface area contributed by atoms with Gasteiger partial charge in [-0.25, -0.2) is 4.98 Å². The Morgan fingerprint density at radius 2 is 2.33 bits per heavy atom. The first-order chi connectivity index (χ1) is 10.2. The van der Waals surface area contributed by atoms with Crippen LogP contribution in [0.15, 0.2) is 46.7 Å². The first-order valence-electron chi connectivity index (χ1n) is 6.60. The lowest BCUT2D eigenvalue weighted by molar-refractivity contribution is -0.121. The van der Waals surface area contributed by atoms with Gasteiger partial charge in [0.15, 0.2) is 5.16 Å². The van der Waals surface area contributed by atoms with Crippen LogP contribution in [0.3, 0.4) is 0 Å². The van der Waals surface area contributed by atoms with E-state index >= 15 is 0 Å². The number of pyridine rings is 1. The highest BCUT2D eigenvalue weighted by Crippen LogP contribution is 2.31. The molecule has 0 radical (unpaired) electrons. The molecular formula is C14H14N4O2S. The zero-order chi connectivity index (χ0) is 14.7. The van der Waals surface area contributed by atoms with Gasteiger partial charge in [-0.15, -0.1) is 0 Å². The van der Waals surface area contributed by atoms with E-state index < -0.39 is 0 Å². The average Bonchev–Trinajstić information content (AvgIpc) is 2.91. The molecule has 2 aromatic heterocycles. The van der Waals surface area contributed by atoms with E-state index in [0.717, 1.165) is 5.56 Å². The lowest BCUT2D eigenvalue weighted by Gasteiger charge is -2.12. The summed E-state index contributed by atoms with van der Waals surface area (Å²) >= 11 is 1.51. The number of rotatable bonds is 4. The summed E-state index contributed by atoms with van der Waals surface area (Å²) in [5.74, 6) is 0.625. The van der Waals surface area contributed by atoms with E-state index in [1.807, 2.05) is 12.1 Å². The van der Waals surface area contributed by atoms with Gasteiger partial charge in [0.1, 0.15) is 0 Å². The molecule has 6 nitrogen and oxygen atoms in total. The van der Waals surface area contributed by atoms with E-state index in [-0.39, 0.29) is 23.9 Å². The molecule has 0 fully saturated rings. The van der Waals surface area contributed by atoms with Gasteiger partial charge in [-0.3, -0.25) is 19.1 Å². The predicted octanol–water partition coefficient (Wildman–Crippen LogP) is 0.992. The van der Waals surface area contributed by atoms with Crippen molar-refractivity contribution in [3.63, 3.8) is 0 Å². The molecule has 0 aromatic carbocycles. The molecule has 108 valence electrons. The van der Waals surface area contributed by atoms with Crippen LogP contribution in [0.2, 0.25) is 0 Å². The van der Waals surface area contributed by atoms with Gasteiger partial charge < -0.3 is 5.32 Å². The van der Waals surface area contributed by atoms with E-state index in [0.29, 0.717) is 17.5 Å². The normalized spacial score (nSPS) is 16.5. The third-order valence-electron chi connectivity index (χ3n) is 3.25. The van der Waals surface area contributed by atoms with Crippen LogP contribution in [0.25, 0.3) is 0 Å². The number of thioether (sulfide) groups is 1. The number of hydrogen-bond acceptors (Lipinski definition) is 5. The average molecular weight is 302 g/mol. The smallest absolute Gasteiger partial charge is 0.254 e. The summed E-state index contributed by atoms with van der Waals surface area (Å²) in [6.45, 7) is 0.446. The van der Waals surface area contributed by atoms with Gasteiger partial charge in [-0.1, -0.05) is 17.8 Å². The highest BCUT2D eigenvalue weighted by Gasteiger charge is 2.26. The number of carbonyl (C=O) groups is 1. The maximum atomic E-state index is 12.0. The molecule has 1 aliphatic rings. The van der Waals surface area contributed by atoms with Crippen molar-refractivity contribution in [3.05, 3.63) is 52.7 Å². The maximum absolute atomic E-state index is 12.0. The minimum Gasteiger partial charge on any atom is -0.352 e. The molecule has 1 amide bonds. The minimum absolute atomic E-state index is 0.0759. The molecule has 0 spiro atoms. The van der Waals surface area contributed by atoms with E-state index in [9.17, 15) is 9.59 Å². The quantitative estimate of drug-likeness (QED) is 0.852. The summed E-state index contributed by atoms with van der Waals surface area (Å²) < 4.78 is 1.61. The largest absolute Gasteiger partial charge is 0.352 e. The van der Waals surface area contributed by atoms with E-state index in [4.69, 9.17) is 0 Å². The van der Waals surface area contributed by atoms with Gasteiger partial charge in [0.2, 0.25) is 5.91 Å². The summed E-state index contributed by atoms with van der Waals surface area (Å²) in [5.41, 5.74) is 0.848. The van der Waals surface area contributed by atoms with Gasteiger partial charge in [-0.05, 0) is 11.6 Å². The van der Waals surface area contributed by atoms with Crippen LogP contribution < -0.4 is 10.9 Å². The maximum Gasteiger partial charge on any atom is 0.254 e. The van der Waals surface area contributed by atoms with Crippen LogP contribution in [0.5, 0.6) is 0 Å². The Hall–Kier alpha value is -2.15. The zero-order valence-corrected chi connectivity index (χ0v) is 12.0. The van der Waals surface area contributed by atoms with Crippen LogP contribution in [0.1, 0.15) is 18.0 Å². The monoisotopic (exact) mass is 302 g/mol. The standard InChI is InChI=1S/C14H14N4O2S/c19-12(17-8-10-2-1-4-15-7-10)6-11-9-21-14-16-5-3-13(20)18(11)14/h1-5,7,11H,6,8-9H2,(H,17,19)/t11-/m0/s1. The molecule has 1 aliphatic heterocycles. The Balaban J connectivity index is 1.61. The van der Waals surface area contributed by atoms with Crippen molar-refractivity contribution >= 4 is 17.7 Å². The van der Waals surface area contributed by atoms with Crippen molar-refractivity contribution < 1.29 is 4.79 Å². The summed E-state index contributed by atoms with van der Waals surface area (Å²) in [6, 6.07) is 5.04. The first kappa shape index (κ1) is 13.8. The third-order valence-corrected chi connectivity index (χ3v) is 4.36. The molecule has 3 rings (SSSR count). The molecule has 7 heteroatoms. The number of nitrogens with zero attached hydrogens (tertiary/aromatic N) is 3. The molecule has 2 aromatic rings. The number of aromatic nitrogens is 3. The molecule has 0 saturated carbocycles. The van der Waals surface area contributed by atoms with Crippen LogP contribution in [-0.4, -0.2) is 26.2 Å². The minimum atomic E-state index is -0.125. The molecule has 21 heavy (non-hydrogen) atoms. The topological polar surface area (TPSA) is 76.9 Å². The third kappa shape index (κ3) is 3.13. The van der Waals surface area contributed by atoms with Crippen molar-refractivity contribution in [3.8, 4) is 0 Å². The van der Waals surface area contributed by atoms with E-state index in [2.05, 4.69) is 15.3 Å². The second kappa shape index (κ2) is 6.09. The molecule has 1 N–H and O–H groups in total. The van der Waals surface area contributed by atoms with Crippen molar-refractivity contribution in [2.75, 3.05) is 5.75 Å². The Labute approximate surface area is 125 Å². The van der Waals surface area contributed by atoms with Crippen LogP contribution in [0.4, 0.5) is 0 Å². The molecule has 0 bridgehead atoms. The molecule has 3 heterocycles. The first-order valence-corrected chi connectivity index (χ1v) is 7.58. The Morgan fingerprint density at radius 1 is 1.43 bits per heavy atom. The number of amides is 1. The summed E-state index contributed by atoms with van der Waals surface area (Å²) in [4.78, 5) is 32.0. The fourth-order valence-electron chi connectivity index (χ4n) is 2.23. The second-order valence-corrected chi connectivity index (χ2v) is 5.73. The van der Waals surface area contributed by atoms with Gasteiger partial charge >= 0.3 is 0 Å². The number of fused-ring (bicyclic) bond motifs is 1. The lowest BCUT2D eigenvalue weighted by atomic mass is 10.2. The van der Waals surface area contributed by atoms with Crippen molar-refractivity contribution in [1.82, 2.24) is 19.9 Å². The molecule has 1 atom stereocenters. The lowest BCUT2D eigenvalue weighted by Crippen LogP contribution is -2.30. The van der Waals surface area contributed by atoms with Crippen molar-refractivity contribution in [2.45, 2.75) is 24.2 Å². The van der Waals surface area contributed by atoms with E-state index in [1.165, 1.54) is 24.0 Å². The summed E-state index contributed by atoms with van der Waals surface area (Å²) in [5, 5.41) is 3.54. The van der Waals surface area contributed by atoms with Crippen LogP contribution in [0, 0.1) is 0 Å². The Bertz CT molecular complexity index is 702. The number of carbonyl (C=O) groups excluding carboxylic acids is 1. The SMILES string of the molecule is O=C(C[C@H]1CSc2nccc(=O)n21)NCc1cccnc1. The second-order valence-electron chi connectivity index (χ2n) is 4.74. The summed E-state index contributed by atoms with van der Waals surface area (Å²) in [7, 11) is 0. The van der Waals surface area contributed by atoms with E-state index in [1.54, 1.807) is 17.0 Å². The fraction of sp³-hybridized carbons (Fsp3) is 0.286. The van der Waals surface area contributed by atoms with Crippen molar-refractivity contribution in [1.29, 1.82) is 0 Å². The molecule has 0 saturated heterocycles. The summed E-state index contributed by atoms with van der Waals surface area (Å²) in [6.07, 6.45) is 5.20. The predicted molar refractivity (Wildman–Crippen MR) is 79.0 cm³/mol. The number of nitrogens with one attached hydrogen (secondary N) is 1. The molecular weight excluding hydrogens is 288 g/mol. The van der Waals surface area contributed by atoms with Crippen LogP contribution in [-0.2, 0) is 11.3 Å². The number of hydrogen-bond donors (Lipinski definition) is 1. The molecule has 0 unspecified atom stereocenters.